The van der Waals surface area contributed by atoms with Gasteiger partial charge in [0.25, 0.3) is 0 Å². The Morgan fingerprint density at radius 2 is 1.80 bits per heavy atom. The molecular weight excluding hydrogens is 532 g/mol. The van der Waals surface area contributed by atoms with Crippen LogP contribution in [0.15, 0.2) is 36.4 Å². The average molecular weight is 572 g/mol. The van der Waals surface area contributed by atoms with Crippen molar-refractivity contribution in [3.63, 3.8) is 0 Å². The summed E-state index contributed by atoms with van der Waals surface area (Å²) in [6, 6.07) is 9.44. The lowest BCUT2D eigenvalue weighted by molar-refractivity contribution is -0.138. The van der Waals surface area contributed by atoms with Gasteiger partial charge in [0, 0.05) is 42.2 Å². The maximum atomic E-state index is 14.8. The van der Waals surface area contributed by atoms with Crippen molar-refractivity contribution in [1.29, 1.82) is 0 Å². The number of amides is 1. The van der Waals surface area contributed by atoms with Crippen LogP contribution in [-0.4, -0.2) is 62.7 Å². The van der Waals surface area contributed by atoms with Crippen LogP contribution in [0.5, 0.6) is 0 Å². The fourth-order valence-corrected chi connectivity index (χ4v) is 5.46. The molecule has 6 nitrogen and oxygen atoms in total. The summed E-state index contributed by atoms with van der Waals surface area (Å²) in [5.41, 5.74) is 2.07. The SMILES string of the molecule is Cc1nc(C2CCN(C(=O)[C@H](CN(C)C(C)(C)C)[C@@H](C)c3ccc(F)cc3F)CC2)n(-c2ccc(Cl)c(C)c2)n1. The van der Waals surface area contributed by atoms with Crippen molar-refractivity contribution in [2.24, 2.45) is 5.92 Å². The number of rotatable bonds is 7. The Hall–Kier alpha value is -2.84. The average Bonchev–Trinajstić information content (AvgIpc) is 3.29. The van der Waals surface area contributed by atoms with E-state index in [1.54, 1.807) is 0 Å². The lowest BCUT2D eigenvalue weighted by Gasteiger charge is -2.39. The van der Waals surface area contributed by atoms with E-state index in [2.05, 4.69) is 30.8 Å². The molecule has 0 N–H and O–H groups in total. The second-order valence-electron chi connectivity index (χ2n) is 12.1. The molecule has 1 fully saturated rings. The lowest BCUT2D eigenvalue weighted by atomic mass is 9.84. The van der Waals surface area contributed by atoms with Gasteiger partial charge in [0.1, 0.15) is 23.3 Å². The van der Waals surface area contributed by atoms with Gasteiger partial charge in [0.2, 0.25) is 5.91 Å². The Balaban J connectivity index is 1.54. The highest BCUT2D eigenvalue weighted by atomic mass is 35.5. The van der Waals surface area contributed by atoms with E-state index in [4.69, 9.17) is 16.6 Å². The third-order valence-corrected chi connectivity index (χ3v) is 8.71. The second-order valence-corrected chi connectivity index (χ2v) is 12.5. The lowest BCUT2D eigenvalue weighted by Crippen LogP contribution is -2.49. The van der Waals surface area contributed by atoms with Gasteiger partial charge in [-0.3, -0.25) is 4.79 Å². The van der Waals surface area contributed by atoms with Crippen LogP contribution in [0, 0.1) is 31.4 Å². The summed E-state index contributed by atoms with van der Waals surface area (Å²) in [5.74, 6) is -0.422. The van der Waals surface area contributed by atoms with Crippen LogP contribution in [0.1, 0.15) is 75.1 Å². The van der Waals surface area contributed by atoms with E-state index in [9.17, 15) is 13.6 Å². The van der Waals surface area contributed by atoms with Crippen molar-refractivity contribution in [3.05, 3.63) is 75.8 Å². The summed E-state index contributed by atoms with van der Waals surface area (Å²) in [5, 5.41) is 5.35. The van der Waals surface area contributed by atoms with E-state index in [0.29, 0.717) is 36.0 Å². The van der Waals surface area contributed by atoms with Crippen LogP contribution in [0.25, 0.3) is 5.69 Å². The first-order valence-electron chi connectivity index (χ1n) is 13.9. The van der Waals surface area contributed by atoms with Gasteiger partial charge >= 0.3 is 0 Å². The highest BCUT2D eigenvalue weighted by Crippen LogP contribution is 2.34. The first-order chi connectivity index (χ1) is 18.8. The number of aryl methyl sites for hydroxylation is 2. The predicted molar refractivity (Wildman–Crippen MR) is 155 cm³/mol. The molecule has 0 radical (unpaired) electrons. The monoisotopic (exact) mass is 571 g/mol. The maximum absolute atomic E-state index is 14.8. The number of carbonyl (C=O) groups excluding carboxylic acids is 1. The molecule has 1 aliphatic rings. The van der Waals surface area contributed by atoms with E-state index in [1.165, 1.54) is 12.1 Å². The molecule has 3 aromatic rings. The van der Waals surface area contributed by atoms with Gasteiger partial charge in [0.05, 0.1) is 11.6 Å². The van der Waals surface area contributed by atoms with Crippen LogP contribution < -0.4 is 0 Å². The van der Waals surface area contributed by atoms with Crippen molar-refractivity contribution < 1.29 is 13.6 Å². The molecule has 216 valence electrons. The van der Waals surface area contributed by atoms with Gasteiger partial charge in [-0.15, -0.1) is 0 Å². The minimum absolute atomic E-state index is 0.00301. The third-order valence-electron chi connectivity index (χ3n) is 8.29. The molecule has 2 heterocycles. The first kappa shape index (κ1) is 30.1. The van der Waals surface area contributed by atoms with E-state index in [1.807, 2.05) is 55.6 Å². The second kappa shape index (κ2) is 12.0. The fourth-order valence-electron chi connectivity index (χ4n) is 5.35. The topological polar surface area (TPSA) is 54.3 Å². The van der Waals surface area contributed by atoms with E-state index >= 15 is 0 Å². The van der Waals surface area contributed by atoms with Gasteiger partial charge in [-0.25, -0.2) is 18.4 Å². The summed E-state index contributed by atoms with van der Waals surface area (Å²) in [4.78, 5) is 22.8. The molecule has 1 saturated heterocycles. The van der Waals surface area contributed by atoms with Crippen LogP contribution in [-0.2, 0) is 4.79 Å². The van der Waals surface area contributed by atoms with Crippen LogP contribution >= 0.6 is 11.6 Å². The van der Waals surface area contributed by atoms with Crippen molar-refractivity contribution in [2.75, 3.05) is 26.7 Å². The Morgan fingerprint density at radius 3 is 2.40 bits per heavy atom. The fraction of sp³-hybridized carbons (Fsp3) is 0.516. The zero-order valence-electron chi connectivity index (χ0n) is 24.5. The zero-order chi connectivity index (χ0) is 29.4. The third kappa shape index (κ3) is 6.55. The van der Waals surface area contributed by atoms with Gasteiger partial charge in [-0.2, -0.15) is 5.10 Å². The maximum Gasteiger partial charge on any atom is 0.227 e. The van der Waals surface area contributed by atoms with E-state index in [-0.39, 0.29) is 17.4 Å². The number of carbonyl (C=O) groups is 1. The normalized spacial score (nSPS) is 16.4. The number of hydrogen-bond donors (Lipinski definition) is 0. The van der Waals surface area contributed by atoms with E-state index < -0.39 is 23.5 Å². The van der Waals surface area contributed by atoms with Crippen LogP contribution in [0.2, 0.25) is 5.02 Å². The number of halogens is 3. The quantitative estimate of drug-likeness (QED) is 0.318. The molecule has 4 rings (SSSR count). The molecule has 2 atom stereocenters. The molecule has 1 aliphatic heterocycles. The number of aromatic nitrogens is 3. The number of nitrogens with zero attached hydrogens (tertiary/aromatic N) is 5. The predicted octanol–water partition coefficient (Wildman–Crippen LogP) is 6.67. The highest BCUT2D eigenvalue weighted by Gasteiger charge is 2.36. The molecule has 1 aromatic heterocycles. The smallest absolute Gasteiger partial charge is 0.227 e. The largest absolute Gasteiger partial charge is 0.342 e. The number of hydrogen-bond acceptors (Lipinski definition) is 4. The Kier molecular flexibility index (Phi) is 9.00. The van der Waals surface area contributed by atoms with E-state index in [0.717, 1.165) is 36.0 Å². The molecule has 0 saturated carbocycles. The summed E-state index contributed by atoms with van der Waals surface area (Å²) in [6.45, 7) is 13.6. The minimum atomic E-state index is -0.623. The zero-order valence-corrected chi connectivity index (χ0v) is 25.3. The Labute approximate surface area is 241 Å². The van der Waals surface area contributed by atoms with Gasteiger partial charge in [-0.05, 0) is 95.8 Å². The molecule has 0 unspecified atom stereocenters. The molecule has 2 aromatic carbocycles. The number of likely N-dealkylation sites (tertiary alicyclic amines) is 1. The first-order valence-corrected chi connectivity index (χ1v) is 14.3. The minimum Gasteiger partial charge on any atom is -0.342 e. The molecule has 0 aliphatic carbocycles. The summed E-state index contributed by atoms with van der Waals surface area (Å²) >= 11 is 6.24. The summed E-state index contributed by atoms with van der Waals surface area (Å²) in [7, 11) is 1.98. The molecule has 1 amide bonds. The molecule has 40 heavy (non-hydrogen) atoms. The van der Waals surface area contributed by atoms with Gasteiger partial charge < -0.3 is 9.80 Å². The van der Waals surface area contributed by atoms with Crippen molar-refractivity contribution in [1.82, 2.24) is 24.6 Å². The molecule has 9 heteroatoms. The standard InChI is InChI=1S/C31H40ClF2N5O/c1-19-16-24(9-11-27(19)32)39-29(35-21(3)36-39)22-12-14-38(15-13-22)30(40)26(18-37(7)31(4,5)6)20(2)25-10-8-23(33)17-28(25)34/h8-11,16-17,20,22,26H,12-15,18H2,1-7H3/t20-,26+/m0/s1. The Morgan fingerprint density at radius 1 is 1.12 bits per heavy atom. The highest BCUT2D eigenvalue weighted by molar-refractivity contribution is 6.31. The molecule has 0 bridgehead atoms. The van der Waals surface area contributed by atoms with Gasteiger partial charge in [-0.1, -0.05) is 24.6 Å². The number of piperidine rings is 1. The van der Waals surface area contributed by atoms with Crippen LogP contribution in [0.4, 0.5) is 8.78 Å². The Bertz CT molecular complexity index is 1360. The van der Waals surface area contributed by atoms with Crippen molar-refractivity contribution in [2.45, 2.75) is 71.8 Å². The van der Waals surface area contributed by atoms with Gasteiger partial charge in [0.15, 0.2) is 0 Å². The number of benzene rings is 2. The summed E-state index contributed by atoms with van der Waals surface area (Å²) < 4.78 is 30.3. The molecular formula is C31H40ClF2N5O. The summed E-state index contributed by atoms with van der Waals surface area (Å²) in [6.07, 6.45) is 1.50. The van der Waals surface area contributed by atoms with Crippen LogP contribution in [0.3, 0.4) is 0 Å². The molecule has 0 spiro atoms. The van der Waals surface area contributed by atoms with Crippen molar-refractivity contribution >= 4 is 17.5 Å². The van der Waals surface area contributed by atoms with Crippen molar-refractivity contribution in [3.8, 4) is 5.69 Å².